The Hall–Kier alpha value is -2.01. The zero-order valence-corrected chi connectivity index (χ0v) is 12.1. The predicted molar refractivity (Wildman–Crippen MR) is 70.4 cm³/mol. The molecule has 0 aromatic carbocycles. The van der Waals surface area contributed by atoms with Crippen molar-refractivity contribution in [1.82, 2.24) is 10.2 Å². The number of carboxylic acids is 1. The molecule has 0 bridgehead atoms. The summed E-state index contributed by atoms with van der Waals surface area (Å²) in [5.74, 6) is -1.27. The fourth-order valence-electron chi connectivity index (χ4n) is 1.50. The van der Waals surface area contributed by atoms with Gasteiger partial charge in [-0.3, -0.25) is 9.82 Å². The van der Waals surface area contributed by atoms with Crippen LogP contribution in [0.3, 0.4) is 0 Å². The van der Waals surface area contributed by atoms with Crippen LogP contribution in [0.1, 0.15) is 27.5 Å². The molecule has 0 saturated heterocycles. The molecular formula is C10H9F2N3O4S2. The van der Waals surface area contributed by atoms with Gasteiger partial charge in [-0.15, -0.1) is 11.3 Å². The molecule has 2 aromatic heterocycles. The third-order valence-electron chi connectivity index (χ3n) is 2.51. The maximum atomic E-state index is 12.7. The van der Waals surface area contributed by atoms with Gasteiger partial charge in [0.2, 0.25) is 0 Å². The lowest BCUT2D eigenvalue weighted by atomic mass is 10.3. The minimum atomic E-state index is -4.17. The van der Waals surface area contributed by atoms with E-state index >= 15 is 0 Å². The lowest BCUT2D eigenvalue weighted by Crippen LogP contribution is -2.14. The van der Waals surface area contributed by atoms with Gasteiger partial charge in [0.15, 0.2) is 5.69 Å². The monoisotopic (exact) mass is 337 g/mol. The minimum absolute atomic E-state index is 0.127. The number of carboxylic acid groups (broad SMARTS) is 1. The molecule has 0 radical (unpaired) electrons. The van der Waals surface area contributed by atoms with Gasteiger partial charge in [0.05, 0.1) is 16.3 Å². The second-order valence-corrected chi connectivity index (χ2v) is 6.56. The van der Waals surface area contributed by atoms with E-state index in [9.17, 15) is 22.0 Å². The normalized spacial score (nSPS) is 11.8. The zero-order chi connectivity index (χ0) is 15.8. The molecule has 0 spiro atoms. The molecule has 0 amide bonds. The maximum Gasteiger partial charge on any atom is 0.345 e. The standard InChI is InChI=1S/C10H9F2N3O4S2/c1-4-7(8(9(11)12)14-13-4)15-21(18,19)5-2-6(10(16)17)20-3-5/h2-3,9,15H,1H3,(H,13,14)(H,16,17). The average molecular weight is 337 g/mol. The van der Waals surface area contributed by atoms with Gasteiger partial charge in [0.25, 0.3) is 16.4 Å². The lowest BCUT2D eigenvalue weighted by molar-refractivity contribution is 0.0702. The summed E-state index contributed by atoms with van der Waals surface area (Å²) < 4.78 is 51.6. The van der Waals surface area contributed by atoms with Gasteiger partial charge in [0, 0.05) is 5.38 Å². The van der Waals surface area contributed by atoms with Crippen LogP contribution in [0, 0.1) is 6.92 Å². The van der Waals surface area contributed by atoms with Gasteiger partial charge in [-0.25, -0.2) is 22.0 Å². The number of aromatic nitrogens is 2. The number of anilines is 1. The second-order valence-electron chi connectivity index (χ2n) is 3.97. The number of alkyl halides is 2. The Balaban J connectivity index is 2.37. The molecule has 0 aliphatic heterocycles. The van der Waals surface area contributed by atoms with E-state index < -0.39 is 28.1 Å². The van der Waals surface area contributed by atoms with Gasteiger partial charge >= 0.3 is 5.97 Å². The molecule has 0 aliphatic rings. The van der Waals surface area contributed by atoms with E-state index in [4.69, 9.17) is 5.11 Å². The summed E-state index contributed by atoms with van der Waals surface area (Å²) in [5, 5.41) is 15.5. The number of nitrogens with one attached hydrogen (secondary N) is 2. The van der Waals surface area contributed by atoms with Crippen molar-refractivity contribution in [3.63, 3.8) is 0 Å². The highest BCUT2D eigenvalue weighted by Gasteiger charge is 2.25. The Morgan fingerprint density at radius 2 is 2.19 bits per heavy atom. The number of H-pyrrole nitrogens is 1. The number of carbonyl (C=O) groups is 1. The largest absolute Gasteiger partial charge is 0.477 e. The summed E-state index contributed by atoms with van der Waals surface area (Å²) in [6.07, 6.45) is -2.95. The molecule has 2 aromatic rings. The van der Waals surface area contributed by atoms with Crippen molar-refractivity contribution in [2.75, 3.05) is 4.72 Å². The summed E-state index contributed by atoms with van der Waals surface area (Å²) in [4.78, 5) is 10.2. The van der Waals surface area contributed by atoms with Gasteiger partial charge in [-0.05, 0) is 13.0 Å². The van der Waals surface area contributed by atoms with Crippen LogP contribution in [0.25, 0.3) is 0 Å². The van der Waals surface area contributed by atoms with Gasteiger partial charge in [-0.2, -0.15) is 5.10 Å². The molecular weight excluding hydrogens is 328 g/mol. The minimum Gasteiger partial charge on any atom is -0.477 e. The van der Waals surface area contributed by atoms with Gasteiger partial charge in [0.1, 0.15) is 4.88 Å². The van der Waals surface area contributed by atoms with E-state index in [1.807, 2.05) is 4.72 Å². The Kier molecular flexibility index (Phi) is 3.96. The first-order valence-corrected chi connectivity index (χ1v) is 7.76. The first-order valence-electron chi connectivity index (χ1n) is 5.40. The van der Waals surface area contributed by atoms with Crippen LogP contribution in [0.4, 0.5) is 14.5 Å². The van der Waals surface area contributed by atoms with Crippen LogP contribution in [-0.2, 0) is 10.0 Å². The van der Waals surface area contributed by atoms with E-state index in [0.717, 1.165) is 22.8 Å². The summed E-state index contributed by atoms with van der Waals surface area (Å²) >= 11 is 0.722. The number of aromatic carboxylic acids is 1. The van der Waals surface area contributed by atoms with E-state index in [2.05, 4.69) is 10.2 Å². The number of aromatic amines is 1. The first-order chi connectivity index (χ1) is 9.72. The van der Waals surface area contributed by atoms with Gasteiger partial charge < -0.3 is 5.11 Å². The van der Waals surface area contributed by atoms with Crippen molar-refractivity contribution in [3.05, 3.63) is 27.7 Å². The Labute approximate surface area is 121 Å². The number of rotatable bonds is 5. The molecule has 2 rings (SSSR count). The molecule has 3 N–H and O–H groups in total. The second kappa shape index (κ2) is 5.41. The molecule has 11 heteroatoms. The predicted octanol–water partition coefficient (Wildman–Crippen LogP) is 2.22. The number of sulfonamides is 1. The average Bonchev–Trinajstić information content (AvgIpc) is 2.97. The highest BCUT2D eigenvalue weighted by atomic mass is 32.2. The van der Waals surface area contributed by atoms with Crippen molar-refractivity contribution in [3.8, 4) is 0 Å². The SMILES string of the molecule is Cc1[nH]nc(C(F)F)c1NS(=O)(=O)c1csc(C(=O)O)c1. The Morgan fingerprint density at radius 3 is 2.71 bits per heavy atom. The Morgan fingerprint density at radius 1 is 1.52 bits per heavy atom. The molecule has 0 atom stereocenters. The number of aryl methyl sites for hydroxylation is 1. The van der Waals surface area contributed by atoms with Crippen LogP contribution < -0.4 is 4.72 Å². The maximum absolute atomic E-state index is 12.7. The van der Waals surface area contributed by atoms with Crippen LogP contribution >= 0.6 is 11.3 Å². The highest BCUT2D eigenvalue weighted by molar-refractivity contribution is 7.92. The summed E-state index contributed by atoms with van der Waals surface area (Å²) in [5.41, 5.74) is -0.930. The molecule has 7 nitrogen and oxygen atoms in total. The number of thiophene rings is 1. The topological polar surface area (TPSA) is 112 Å². The summed E-state index contributed by atoms with van der Waals surface area (Å²) in [7, 11) is -4.17. The molecule has 0 unspecified atom stereocenters. The van der Waals surface area contributed by atoms with Crippen molar-refractivity contribution in [2.24, 2.45) is 0 Å². The van der Waals surface area contributed by atoms with Crippen LogP contribution in [-0.4, -0.2) is 29.7 Å². The zero-order valence-electron chi connectivity index (χ0n) is 10.4. The van der Waals surface area contributed by atoms with Crippen LogP contribution in [0.5, 0.6) is 0 Å². The third-order valence-corrected chi connectivity index (χ3v) is 4.91. The first kappa shape index (κ1) is 15.4. The van der Waals surface area contributed by atoms with Crippen molar-refractivity contribution in [2.45, 2.75) is 18.2 Å². The number of nitrogens with zero attached hydrogens (tertiary/aromatic N) is 1. The van der Waals surface area contributed by atoms with Gasteiger partial charge in [-0.1, -0.05) is 0 Å². The van der Waals surface area contributed by atoms with Crippen molar-refractivity contribution < 1.29 is 27.1 Å². The smallest absolute Gasteiger partial charge is 0.345 e. The van der Waals surface area contributed by atoms with Crippen LogP contribution in [0.15, 0.2) is 16.3 Å². The van der Waals surface area contributed by atoms with Crippen molar-refractivity contribution in [1.29, 1.82) is 0 Å². The molecule has 2 heterocycles. The van der Waals surface area contributed by atoms with Crippen LogP contribution in [0.2, 0.25) is 0 Å². The van der Waals surface area contributed by atoms with E-state index in [1.165, 1.54) is 6.92 Å². The fraction of sp³-hybridized carbons (Fsp3) is 0.200. The number of hydrogen-bond acceptors (Lipinski definition) is 5. The highest BCUT2D eigenvalue weighted by Crippen LogP contribution is 2.30. The van der Waals surface area contributed by atoms with E-state index in [0.29, 0.717) is 0 Å². The van der Waals surface area contributed by atoms with Crippen molar-refractivity contribution >= 4 is 33.0 Å². The quantitative estimate of drug-likeness (QED) is 0.774. The third kappa shape index (κ3) is 3.03. The van der Waals surface area contributed by atoms with E-state index in [-0.39, 0.29) is 21.2 Å². The number of halogens is 2. The molecule has 114 valence electrons. The molecule has 0 fully saturated rings. The molecule has 0 aliphatic carbocycles. The number of hydrogen-bond donors (Lipinski definition) is 3. The summed E-state index contributed by atoms with van der Waals surface area (Å²) in [6, 6.07) is 0.951. The lowest BCUT2D eigenvalue weighted by Gasteiger charge is -2.07. The molecule has 0 saturated carbocycles. The van der Waals surface area contributed by atoms with E-state index in [1.54, 1.807) is 0 Å². The molecule has 21 heavy (non-hydrogen) atoms. The fourth-order valence-corrected chi connectivity index (χ4v) is 3.75. The summed E-state index contributed by atoms with van der Waals surface area (Å²) in [6.45, 7) is 1.38. The Bertz CT molecular complexity index is 782.